The van der Waals surface area contributed by atoms with Gasteiger partial charge in [-0.05, 0) is 48.8 Å². The smallest absolute Gasteiger partial charge is 0.276 e. The van der Waals surface area contributed by atoms with E-state index < -0.39 is 65.3 Å². The minimum absolute atomic E-state index is 0.0127. The van der Waals surface area contributed by atoms with E-state index in [4.69, 9.17) is 11.6 Å². The molecule has 2 aromatic rings. The molecule has 0 radical (unpaired) electrons. The number of thioether (sulfide) groups is 1. The second-order valence-corrected chi connectivity index (χ2v) is 12.0. The Labute approximate surface area is 217 Å². The molecule has 0 spiro atoms. The van der Waals surface area contributed by atoms with E-state index in [9.17, 15) is 48.0 Å². The number of carbonyl (C=O) groups excluding carboxylic acids is 1. The summed E-state index contributed by atoms with van der Waals surface area (Å²) in [5.74, 6) is -1.18. The number of alkyl halides is 6. The van der Waals surface area contributed by atoms with Crippen LogP contribution in [0.5, 0.6) is 0 Å². The molecule has 1 atom stereocenters. The highest BCUT2D eigenvalue weighted by atomic mass is 35.5. The van der Waals surface area contributed by atoms with Gasteiger partial charge in [-0.2, -0.15) is 42.8 Å². The van der Waals surface area contributed by atoms with Crippen LogP contribution in [0.25, 0.3) is 0 Å². The van der Waals surface area contributed by atoms with Crippen LogP contribution in [0.2, 0.25) is 5.02 Å². The van der Waals surface area contributed by atoms with E-state index in [1.807, 2.05) is 0 Å². The maximum absolute atomic E-state index is 13.1. The average molecular weight is 614 g/mol. The Morgan fingerprint density at radius 2 is 1.49 bits per heavy atom. The maximum atomic E-state index is 13.1. The molecule has 0 aliphatic rings. The fourth-order valence-corrected chi connectivity index (χ4v) is 5.88. The van der Waals surface area contributed by atoms with Gasteiger partial charge >= 0.3 is 12.4 Å². The molecule has 0 unspecified atom stereocenters. The van der Waals surface area contributed by atoms with E-state index in [0.717, 1.165) is 17.8 Å². The number of rotatable bonds is 10. The second-order valence-electron chi connectivity index (χ2n) is 7.22. The van der Waals surface area contributed by atoms with Crippen molar-refractivity contribution >= 4 is 49.3 Å². The maximum Gasteiger partial charge on any atom is 0.416 e. The third-order valence-electron chi connectivity index (χ3n) is 4.53. The fourth-order valence-electron chi connectivity index (χ4n) is 2.74. The van der Waals surface area contributed by atoms with E-state index >= 15 is 0 Å². The zero-order valence-corrected chi connectivity index (χ0v) is 21.7. The molecule has 3 N–H and O–H groups in total. The summed E-state index contributed by atoms with van der Waals surface area (Å²) in [6.07, 6.45) is -9.34. The van der Waals surface area contributed by atoms with Crippen molar-refractivity contribution in [2.24, 2.45) is 0 Å². The predicted molar refractivity (Wildman–Crippen MR) is 123 cm³/mol. The Kier molecular flexibility index (Phi) is 9.92. The second kappa shape index (κ2) is 11.8. The van der Waals surface area contributed by atoms with Gasteiger partial charge in [0.1, 0.15) is 10.9 Å². The molecule has 0 aliphatic heterocycles. The van der Waals surface area contributed by atoms with Crippen molar-refractivity contribution in [3.63, 3.8) is 0 Å². The quantitative estimate of drug-likeness (QED) is 0.277. The van der Waals surface area contributed by atoms with Crippen molar-refractivity contribution < 1.29 is 48.0 Å². The Bertz CT molecular complexity index is 1320. The van der Waals surface area contributed by atoms with E-state index in [0.29, 0.717) is 0 Å². The number of sulfonamides is 2. The zero-order chi connectivity index (χ0) is 28.2. The van der Waals surface area contributed by atoms with Crippen molar-refractivity contribution in [3.8, 4) is 0 Å². The van der Waals surface area contributed by atoms with Gasteiger partial charge in [-0.3, -0.25) is 10.2 Å². The van der Waals surface area contributed by atoms with Gasteiger partial charge in [-0.15, -0.1) is 4.83 Å². The van der Waals surface area contributed by atoms with Gasteiger partial charge in [-0.25, -0.2) is 16.8 Å². The summed E-state index contributed by atoms with van der Waals surface area (Å²) in [7, 11) is -9.56. The van der Waals surface area contributed by atoms with Crippen LogP contribution in [0, 0.1) is 0 Å². The molecule has 0 saturated heterocycles. The first-order valence-corrected chi connectivity index (χ1v) is 14.5. The van der Waals surface area contributed by atoms with Crippen LogP contribution in [-0.2, 0) is 37.2 Å². The number of carbonyl (C=O) groups is 1. The van der Waals surface area contributed by atoms with Crippen LogP contribution in [0.1, 0.15) is 17.5 Å². The molecular formula is C19H18ClF6N3O5S3. The summed E-state index contributed by atoms with van der Waals surface area (Å²) in [6.45, 7) is 0. The van der Waals surface area contributed by atoms with E-state index in [1.54, 1.807) is 21.2 Å². The van der Waals surface area contributed by atoms with Crippen molar-refractivity contribution in [3.05, 3.63) is 58.6 Å². The molecular weight excluding hydrogens is 596 g/mol. The molecule has 1 amide bonds. The van der Waals surface area contributed by atoms with Crippen molar-refractivity contribution in [1.29, 1.82) is 0 Å². The number of benzene rings is 2. The molecule has 0 aliphatic carbocycles. The zero-order valence-electron chi connectivity index (χ0n) is 18.4. The van der Waals surface area contributed by atoms with Gasteiger partial charge in [0.25, 0.3) is 15.9 Å². The van der Waals surface area contributed by atoms with E-state index in [-0.39, 0.29) is 35.4 Å². The highest BCUT2D eigenvalue weighted by Gasteiger charge is 2.39. The Morgan fingerprint density at radius 1 is 0.946 bits per heavy atom. The van der Waals surface area contributed by atoms with Crippen molar-refractivity contribution in [1.82, 2.24) is 15.0 Å². The SMILES string of the molecule is CSCC[C@H](NS(=O)(=O)c1cc(C(F)(F)F)cc(C(F)(F)F)c1)C(=O)NNS(=O)(=O)c1ccccc1Cl. The third kappa shape index (κ3) is 8.47. The fraction of sp³-hybridized carbons (Fsp3) is 0.316. The summed E-state index contributed by atoms with van der Waals surface area (Å²) in [4.78, 5) is 12.5. The number of nitrogens with one attached hydrogen (secondary N) is 3. The highest BCUT2D eigenvalue weighted by molar-refractivity contribution is 7.98. The highest BCUT2D eigenvalue weighted by Crippen LogP contribution is 2.37. The van der Waals surface area contributed by atoms with Crippen LogP contribution in [0.3, 0.4) is 0 Å². The van der Waals surface area contributed by atoms with E-state index in [2.05, 4.69) is 0 Å². The van der Waals surface area contributed by atoms with Gasteiger partial charge in [0.05, 0.1) is 21.0 Å². The molecule has 2 rings (SSSR count). The molecule has 0 heterocycles. The van der Waals surface area contributed by atoms with Gasteiger partial charge in [0.15, 0.2) is 0 Å². The first kappa shape index (κ1) is 31.2. The lowest BCUT2D eigenvalue weighted by molar-refractivity contribution is -0.143. The largest absolute Gasteiger partial charge is 0.416 e. The topological polar surface area (TPSA) is 121 Å². The molecule has 18 heteroatoms. The molecule has 0 saturated carbocycles. The minimum Gasteiger partial charge on any atom is -0.276 e. The monoisotopic (exact) mass is 613 g/mol. The molecule has 37 heavy (non-hydrogen) atoms. The lowest BCUT2D eigenvalue weighted by atomic mass is 10.1. The van der Waals surface area contributed by atoms with E-state index in [1.165, 1.54) is 18.2 Å². The van der Waals surface area contributed by atoms with Gasteiger partial charge in [0, 0.05) is 0 Å². The Balaban J connectivity index is 2.36. The van der Waals surface area contributed by atoms with Crippen LogP contribution in [0.4, 0.5) is 26.3 Å². The minimum atomic E-state index is -5.31. The molecule has 0 aromatic heterocycles. The predicted octanol–water partition coefficient (Wildman–Crippen LogP) is 3.79. The number of hydrazine groups is 1. The lowest BCUT2D eigenvalue weighted by Crippen LogP contribution is -2.52. The normalized spacial score (nSPS) is 13.8. The summed E-state index contributed by atoms with van der Waals surface area (Å²) >= 11 is 6.95. The number of hydrogen-bond donors (Lipinski definition) is 3. The van der Waals surface area contributed by atoms with Crippen molar-refractivity contribution in [2.45, 2.75) is 34.6 Å². The Morgan fingerprint density at radius 3 is 1.97 bits per heavy atom. The summed E-state index contributed by atoms with van der Waals surface area (Å²) in [5, 5.41) is -0.200. The van der Waals surface area contributed by atoms with Gasteiger partial charge < -0.3 is 0 Å². The molecule has 0 bridgehead atoms. The molecule has 0 fully saturated rings. The first-order chi connectivity index (χ1) is 16.9. The number of amides is 1. The average Bonchev–Trinajstić information content (AvgIpc) is 2.79. The van der Waals surface area contributed by atoms with Gasteiger partial charge in [-0.1, -0.05) is 23.7 Å². The van der Waals surface area contributed by atoms with Crippen LogP contribution < -0.4 is 15.0 Å². The number of halogens is 7. The third-order valence-corrected chi connectivity index (χ3v) is 8.37. The van der Waals surface area contributed by atoms with Crippen molar-refractivity contribution in [2.75, 3.05) is 12.0 Å². The molecule has 8 nitrogen and oxygen atoms in total. The molecule has 2 aromatic carbocycles. The molecule has 206 valence electrons. The van der Waals surface area contributed by atoms with Crippen LogP contribution in [-0.4, -0.2) is 40.8 Å². The summed E-state index contributed by atoms with van der Waals surface area (Å²) in [6, 6.07) is 3.07. The summed E-state index contributed by atoms with van der Waals surface area (Å²) < 4.78 is 131. The van der Waals surface area contributed by atoms with Crippen LogP contribution in [0.15, 0.2) is 52.3 Å². The lowest BCUT2D eigenvalue weighted by Gasteiger charge is -2.20. The first-order valence-electron chi connectivity index (χ1n) is 9.75. The number of hydrogen-bond acceptors (Lipinski definition) is 6. The summed E-state index contributed by atoms with van der Waals surface area (Å²) in [5.41, 5.74) is -1.98. The standard InChI is InChI=1S/C19H18ClF6N3O5S3/c1-35-7-6-15(17(30)27-29-37(33,34)16-5-3-2-4-14(16)20)28-36(31,32)13-9-11(18(21,22)23)8-12(10-13)19(24,25)26/h2-5,8-10,15,28-29H,6-7H2,1H3,(H,27,30)/t15-/m0/s1. The van der Waals surface area contributed by atoms with Gasteiger partial charge in [0.2, 0.25) is 10.0 Å². The Hall–Kier alpha value is -2.05. The van der Waals surface area contributed by atoms with Crippen LogP contribution >= 0.6 is 23.4 Å².